The molecule has 2 aromatic carbocycles. The Hall–Kier alpha value is -1.45. The van der Waals surface area contributed by atoms with Crippen LogP contribution in [0.3, 0.4) is 0 Å². The number of aryl methyl sites for hydroxylation is 1. The molecule has 3 heteroatoms. The number of nitrogens with zero attached hydrogens (tertiary/aromatic N) is 1. The SMILES string of the molecule is COc1cccc2c1CCC[C@H]2CN(C)CCc1ccc2c(c1)CCS2. The minimum Gasteiger partial charge on any atom is -0.496 e. The maximum Gasteiger partial charge on any atom is 0.122 e. The van der Waals surface area contributed by atoms with Crippen LogP contribution in [0, 0.1) is 0 Å². The Labute approximate surface area is 161 Å². The number of ether oxygens (including phenoxy) is 1. The topological polar surface area (TPSA) is 12.5 Å². The molecule has 4 rings (SSSR count). The third-order valence-electron chi connectivity index (χ3n) is 5.88. The van der Waals surface area contributed by atoms with Crippen molar-refractivity contribution in [3.63, 3.8) is 0 Å². The number of methoxy groups -OCH3 is 1. The second-order valence-corrected chi connectivity index (χ2v) is 8.81. The van der Waals surface area contributed by atoms with Crippen LogP contribution < -0.4 is 4.74 Å². The average Bonchev–Trinajstić information content (AvgIpc) is 3.14. The van der Waals surface area contributed by atoms with E-state index in [0.29, 0.717) is 5.92 Å². The van der Waals surface area contributed by atoms with Gasteiger partial charge in [0.1, 0.15) is 5.75 Å². The number of rotatable bonds is 6. The van der Waals surface area contributed by atoms with Gasteiger partial charge in [0, 0.05) is 23.7 Å². The smallest absolute Gasteiger partial charge is 0.122 e. The van der Waals surface area contributed by atoms with Gasteiger partial charge >= 0.3 is 0 Å². The van der Waals surface area contributed by atoms with E-state index in [2.05, 4.69) is 48.3 Å². The van der Waals surface area contributed by atoms with E-state index in [0.717, 1.165) is 31.7 Å². The summed E-state index contributed by atoms with van der Waals surface area (Å²) in [5.74, 6) is 2.96. The third kappa shape index (κ3) is 3.79. The van der Waals surface area contributed by atoms with E-state index in [-0.39, 0.29) is 0 Å². The molecule has 0 aromatic heterocycles. The second-order valence-electron chi connectivity index (χ2n) is 7.67. The first-order valence-electron chi connectivity index (χ1n) is 9.83. The van der Waals surface area contributed by atoms with Crippen LogP contribution in [0.15, 0.2) is 41.3 Å². The van der Waals surface area contributed by atoms with Crippen molar-refractivity contribution >= 4 is 11.8 Å². The summed E-state index contributed by atoms with van der Waals surface area (Å²) in [6.45, 7) is 2.27. The summed E-state index contributed by atoms with van der Waals surface area (Å²) < 4.78 is 5.59. The maximum atomic E-state index is 5.59. The van der Waals surface area contributed by atoms with Crippen LogP contribution in [-0.4, -0.2) is 37.9 Å². The summed E-state index contributed by atoms with van der Waals surface area (Å²) in [6, 6.07) is 13.7. The van der Waals surface area contributed by atoms with Crippen LogP contribution in [0.2, 0.25) is 0 Å². The van der Waals surface area contributed by atoms with Crippen LogP contribution in [0.4, 0.5) is 0 Å². The highest BCUT2D eigenvalue weighted by Crippen LogP contribution is 2.37. The van der Waals surface area contributed by atoms with Gasteiger partial charge in [-0.25, -0.2) is 0 Å². The highest BCUT2D eigenvalue weighted by atomic mass is 32.2. The van der Waals surface area contributed by atoms with E-state index in [9.17, 15) is 0 Å². The Morgan fingerprint density at radius 3 is 3.00 bits per heavy atom. The van der Waals surface area contributed by atoms with E-state index >= 15 is 0 Å². The molecule has 138 valence electrons. The Balaban J connectivity index is 1.38. The van der Waals surface area contributed by atoms with Gasteiger partial charge in [0.2, 0.25) is 0 Å². The van der Waals surface area contributed by atoms with Crippen molar-refractivity contribution in [2.75, 3.05) is 33.0 Å². The fraction of sp³-hybridized carbons (Fsp3) is 0.478. The predicted molar refractivity (Wildman–Crippen MR) is 111 cm³/mol. The van der Waals surface area contributed by atoms with Crippen molar-refractivity contribution in [2.24, 2.45) is 0 Å². The van der Waals surface area contributed by atoms with Crippen LogP contribution in [0.25, 0.3) is 0 Å². The van der Waals surface area contributed by atoms with Gasteiger partial charge in [-0.05, 0) is 79.5 Å². The maximum absolute atomic E-state index is 5.59. The first kappa shape index (κ1) is 17.9. The van der Waals surface area contributed by atoms with Crippen molar-refractivity contribution in [1.82, 2.24) is 4.90 Å². The molecule has 0 bridgehead atoms. The molecule has 26 heavy (non-hydrogen) atoms. The van der Waals surface area contributed by atoms with E-state index in [1.807, 2.05) is 11.8 Å². The average molecular weight is 368 g/mol. The molecule has 1 heterocycles. The zero-order valence-electron chi connectivity index (χ0n) is 16.0. The number of likely N-dealkylation sites (N-methyl/N-ethyl adjacent to an activating group) is 1. The predicted octanol–water partition coefficient (Wildman–Crippen LogP) is 4.94. The molecule has 0 spiro atoms. The molecule has 1 aliphatic heterocycles. The molecule has 2 aliphatic rings. The lowest BCUT2D eigenvalue weighted by Crippen LogP contribution is -2.28. The van der Waals surface area contributed by atoms with Gasteiger partial charge in [-0.15, -0.1) is 11.8 Å². The standard InChI is InChI=1S/C23H29NOS/c1-24(13-11-17-9-10-23-18(15-17)12-14-26-23)16-19-5-3-7-21-20(19)6-4-8-22(21)25-2/h4,6,8-10,15,19H,3,5,7,11-14,16H2,1-2H3/t19-/m0/s1. The van der Waals surface area contributed by atoms with E-state index < -0.39 is 0 Å². The van der Waals surface area contributed by atoms with Crippen LogP contribution in [0.5, 0.6) is 5.75 Å². The highest BCUT2D eigenvalue weighted by molar-refractivity contribution is 7.99. The molecule has 1 aliphatic carbocycles. The second kappa shape index (κ2) is 8.06. The van der Waals surface area contributed by atoms with Gasteiger partial charge in [0.15, 0.2) is 0 Å². The Bertz CT molecular complexity index is 773. The third-order valence-corrected chi connectivity index (χ3v) is 6.99. The monoisotopic (exact) mass is 367 g/mol. The molecule has 0 amide bonds. The first-order chi connectivity index (χ1) is 12.7. The number of thioether (sulfide) groups is 1. The molecule has 0 radical (unpaired) electrons. The number of benzene rings is 2. The number of hydrogen-bond acceptors (Lipinski definition) is 3. The van der Waals surface area contributed by atoms with Crippen LogP contribution >= 0.6 is 11.8 Å². The molecular weight excluding hydrogens is 338 g/mol. The van der Waals surface area contributed by atoms with Crippen molar-refractivity contribution in [3.8, 4) is 5.75 Å². The molecule has 2 nitrogen and oxygen atoms in total. The fourth-order valence-electron chi connectivity index (χ4n) is 4.48. The molecule has 0 unspecified atom stereocenters. The molecule has 0 saturated heterocycles. The summed E-state index contributed by atoms with van der Waals surface area (Å²) in [5, 5.41) is 0. The van der Waals surface area contributed by atoms with Gasteiger partial charge in [-0.3, -0.25) is 0 Å². The Morgan fingerprint density at radius 2 is 2.12 bits per heavy atom. The fourth-order valence-corrected chi connectivity index (χ4v) is 5.53. The lowest BCUT2D eigenvalue weighted by molar-refractivity contribution is 0.299. The summed E-state index contributed by atoms with van der Waals surface area (Å²) in [7, 11) is 4.07. The molecule has 1 atom stereocenters. The minimum absolute atomic E-state index is 0.635. The van der Waals surface area contributed by atoms with Crippen molar-refractivity contribution in [3.05, 3.63) is 58.7 Å². The van der Waals surface area contributed by atoms with Gasteiger partial charge in [0.05, 0.1) is 7.11 Å². The highest BCUT2D eigenvalue weighted by Gasteiger charge is 2.23. The molecule has 2 aromatic rings. The van der Waals surface area contributed by atoms with Gasteiger partial charge < -0.3 is 9.64 Å². The zero-order valence-corrected chi connectivity index (χ0v) is 16.8. The summed E-state index contributed by atoms with van der Waals surface area (Å²) >= 11 is 2.00. The van der Waals surface area contributed by atoms with Gasteiger partial charge in [-0.2, -0.15) is 0 Å². The summed E-state index contributed by atoms with van der Waals surface area (Å²) in [6.07, 6.45) is 6.11. The quantitative estimate of drug-likeness (QED) is 0.718. The molecule has 0 N–H and O–H groups in total. The van der Waals surface area contributed by atoms with E-state index in [1.54, 1.807) is 12.7 Å². The number of fused-ring (bicyclic) bond motifs is 2. The lowest BCUT2D eigenvalue weighted by Gasteiger charge is -2.30. The van der Waals surface area contributed by atoms with Crippen molar-refractivity contribution < 1.29 is 4.74 Å². The van der Waals surface area contributed by atoms with E-state index in [4.69, 9.17) is 4.74 Å². The van der Waals surface area contributed by atoms with Crippen LogP contribution in [0.1, 0.15) is 41.0 Å². The van der Waals surface area contributed by atoms with Crippen molar-refractivity contribution in [2.45, 2.75) is 42.9 Å². The first-order valence-corrected chi connectivity index (χ1v) is 10.8. The van der Waals surface area contributed by atoms with Crippen molar-refractivity contribution in [1.29, 1.82) is 0 Å². The zero-order chi connectivity index (χ0) is 17.9. The largest absolute Gasteiger partial charge is 0.496 e. The minimum atomic E-state index is 0.635. The Kier molecular flexibility index (Phi) is 5.56. The lowest BCUT2D eigenvalue weighted by atomic mass is 9.82. The normalized spacial score (nSPS) is 18.7. The molecule has 0 saturated carbocycles. The van der Waals surface area contributed by atoms with Crippen LogP contribution in [-0.2, 0) is 19.3 Å². The van der Waals surface area contributed by atoms with Gasteiger partial charge in [-0.1, -0.05) is 24.3 Å². The molecular formula is C23H29NOS. The Morgan fingerprint density at radius 1 is 1.19 bits per heavy atom. The summed E-state index contributed by atoms with van der Waals surface area (Å²) in [5.41, 5.74) is 6.00. The van der Waals surface area contributed by atoms with Gasteiger partial charge in [0.25, 0.3) is 0 Å². The molecule has 0 fully saturated rings. The summed E-state index contributed by atoms with van der Waals surface area (Å²) in [4.78, 5) is 4.01. The van der Waals surface area contributed by atoms with E-state index in [1.165, 1.54) is 46.6 Å². The number of hydrogen-bond donors (Lipinski definition) is 0.